The quantitative estimate of drug-likeness (QED) is 0.558. The molecule has 3 rings (SSSR count). The zero-order valence-corrected chi connectivity index (χ0v) is 16.9. The molecule has 0 saturated heterocycles. The Morgan fingerprint density at radius 1 is 0.839 bits per heavy atom. The number of ether oxygens (including phenoxy) is 3. The standard InChI is InChI=1S/C24H21NO6/c1-29-24(28)20-12-5-6-13-21(20)25-22(26)16-31-23(27)18-10-7-11-19(14-18)30-15-17-8-3-2-4-9-17/h2-14H,15-16H2,1H3,(H,25,26). The van der Waals surface area contributed by atoms with Gasteiger partial charge in [0.05, 0.1) is 23.9 Å². The van der Waals surface area contributed by atoms with Crippen molar-refractivity contribution in [2.45, 2.75) is 6.61 Å². The van der Waals surface area contributed by atoms with Gasteiger partial charge in [-0.25, -0.2) is 9.59 Å². The number of methoxy groups -OCH3 is 1. The fraction of sp³-hybridized carbons (Fsp3) is 0.125. The summed E-state index contributed by atoms with van der Waals surface area (Å²) in [5, 5.41) is 2.54. The number of carbonyl (C=O) groups excluding carboxylic acids is 3. The highest BCUT2D eigenvalue weighted by atomic mass is 16.5. The van der Waals surface area contributed by atoms with Crippen molar-refractivity contribution in [3.8, 4) is 5.75 Å². The van der Waals surface area contributed by atoms with Crippen LogP contribution in [0.4, 0.5) is 5.69 Å². The van der Waals surface area contributed by atoms with E-state index in [4.69, 9.17) is 9.47 Å². The molecule has 3 aromatic carbocycles. The molecule has 158 valence electrons. The minimum atomic E-state index is -0.665. The van der Waals surface area contributed by atoms with Crippen LogP contribution in [0.5, 0.6) is 5.75 Å². The molecule has 0 heterocycles. The van der Waals surface area contributed by atoms with E-state index < -0.39 is 24.5 Å². The predicted octanol–water partition coefficient (Wildman–Crippen LogP) is 3.85. The van der Waals surface area contributed by atoms with E-state index in [1.54, 1.807) is 42.5 Å². The van der Waals surface area contributed by atoms with Crippen LogP contribution in [-0.4, -0.2) is 31.6 Å². The Morgan fingerprint density at radius 3 is 2.35 bits per heavy atom. The maximum atomic E-state index is 12.3. The molecule has 3 aromatic rings. The Kier molecular flexibility index (Phi) is 7.37. The zero-order valence-electron chi connectivity index (χ0n) is 16.9. The number of amides is 1. The minimum Gasteiger partial charge on any atom is -0.489 e. The van der Waals surface area contributed by atoms with Gasteiger partial charge in [-0.1, -0.05) is 48.5 Å². The molecule has 0 aliphatic rings. The molecule has 0 saturated carbocycles. The third kappa shape index (κ3) is 6.17. The molecule has 0 fully saturated rings. The van der Waals surface area contributed by atoms with Crippen LogP contribution in [0.25, 0.3) is 0 Å². The van der Waals surface area contributed by atoms with Crippen molar-refractivity contribution in [2.75, 3.05) is 19.0 Å². The second kappa shape index (κ2) is 10.6. The van der Waals surface area contributed by atoms with E-state index in [2.05, 4.69) is 10.1 Å². The van der Waals surface area contributed by atoms with Gasteiger partial charge >= 0.3 is 11.9 Å². The lowest BCUT2D eigenvalue weighted by Crippen LogP contribution is -2.22. The van der Waals surface area contributed by atoms with Gasteiger partial charge < -0.3 is 19.5 Å². The number of benzene rings is 3. The lowest BCUT2D eigenvalue weighted by Gasteiger charge is -2.10. The van der Waals surface area contributed by atoms with E-state index >= 15 is 0 Å². The lowest BCUT2D eigenvalue weighted by atomic mass is 10.2. The first-order chi connectivity index (χ1) is 15.1. The zero-order chi connectivity index (χ0) is 22.1. The first-order valence-corrected chi connectivity index (χ1v) is 9.48. The number of nitrogens with one attached hydrogen (secondary N) is 1. The van der Waals surface area contributed by atoms with Gasteiger partial charge in [0.15, 0.2) is 6.61 Å². The van der Waals surface area contributed by atoms with Crippen molar-refractivity contribution in [3.63, 3.8) is 0 Å². The predicted molar refractivity (Wildman–Crippen MR) is 114 cm³/mol. The highest BCUT2D eigenvalue weighted by Gasteiger charge is 2.15. The van der Waals surface area contributed by atoms with Gasteiger partial charge in [0, 0.05) is 0 Å². The number of rotatable bonds is 8. The number of hydrogen-bond acceptors (Lipinski definition) is 6. The summed E-state index contributed by atoms with van der Waals surface area (Å²) in [5.41, 5.74) is 1.73. The van der Waals surface area contributed by atoms with E-state index in [0.29, 0.717) is 12.4 Å². The molecule has 0 aliphatic carbocycles. The van der Waals surface area contributed by atoms with Gasteiger partial charge in [-0.2, -0.15) is 0 Å². The maximum Gasteiger partial charge on any atom is 0.339 e. The fourth-order valence-corrected chi connectivity index (χ4v) is 2.73. The number of para-hydroxylation sites is 1. The molecular formula is C24H21NO6. The topological polar surface area (TPSA) is 90.9 Å². The number of anilines is 1. The van der Waals surface area contributed by atoms with E-state index in [0.717, 1.165) is 5.56 Å². The van der Waals surface area contributed by atoms with Crippen LogP contribution < -0.4 is 10.1 Å². The minimum absolute atomic E-state index is 0.202. The average molecular weight is 419 g/mol. The molecule has 7 heteroatoms. The average Bonchev–Trinajstić information content (AvgIpc) is 2.82. The van der Waals surface area contributed by atoms with Crippen LogP contribution in [0.1, 0.15) is 26.3 Å². The van der Waals surface area contributed by atoms with Crippen molar-refractivity contribution in [2.24, 2.45) is 0 Å². The van der Waals surface area contributed by atoms with Crippen LogP contribution in [-0.2, 0) is 20.9 Å². The van der Waals surface area contributed by atoms with Crippen molar-refractivity contribution in [1.82, 2.24) is 0 Å². The number of hydrogen-bond donors (Lipinski definition) is 1. The smallest absolute Gasteiger partial charge is 0.339 e. The largest absolute Gasteiger partial charge is 0.489 e. The van der Waals surface area contributed by atoms with Crippen LogP contribution in [0.2, 0.25) is 0 Å². The molecular weight excluding hydrogens is 398 g/mol. The van der Waals surface area contributed by atoms with E-state index in [1.165, 1.54) is 13.2 Å². The summed E-state index contributed by atoms with van der Waals surface area (Å²) < 4.78 is 15.5. The maximum absolute atomic E-state index is 12.3. The number of esters is 2. The molecule has 0 radical (unpaired) electrons. The Hall–Kier alpha value is -4.13. The summed E-state index contributed by atoms with van der Waals surface area (Å²) >= 11 is 0. The van der Waals surface area contributed by atoms with Gasteiger partial charge in [0.2, 0.25) is 0 Å². The van der Waals surface area contributed by atoms with Crippen LogP contribution in [0, 0.1) is 0 Å². The molecule has 0 spiro atoms. The Balaban J connectivity index is 1.55. The van der Waals surface area contributed by atoms with Gasteiger partial charge in [0.25, 0.3) is 5.91 Å². The van der Waals surface area contributed by atoms with Gasteiger partial charge in [-0.05, 0) is 35.9 Å². The monoisotopic (exact) mass is 419 g/mol. The van der Waals surface area contributed by atoms with E-state index in [9.17, 15) is 14.4 Å². The van der Waals surface area contributed by atoms with Crippen molar-refractivity contribution in [1.29, 1.82) is 0 Å². The molecule has 0 aliphatic heterocycles. The highest BCUT2D eigenvalue weighted by molar-refractivity contribution is 6.02. The molecule has 1 N–H and O–H groups in total. The fourth-order valence-electron chi connectivity index (χ4n) is 2.73. The summed E-state index contributed by atoms with van der Waals surface area (Å²) in [5.74, 6) is -1.32. The van der Waals surface area contributed by atoms with Crippen LogP contribution in [0.15, 0.2) is 78.9 Å². The first-order valence-electron chi connectivity index (χ1n) is 9.48. The molecule has 0 bridgehead atoms. The van der Waals surface area contributed by atoms with E-state index in [-0.39, 0.29) is 16.8 Å². The van der Waals surface area contributed by atoms with Gasteiger partial charge in [-0.15, -0.1) is 0 Å². The third-order valence-electron chi connectivity index (χ3n) is 4.26. The second-order valence-electron chi connectivity index (χ2n) is 6.46. The van der Waals surface area contributed by atoms with Crippen molar-refractivity contribution in [3.05, 3.63) is 95.6 Å². The Labute approximate surface area is 179 Å². The molecule has 0 aromatic heterocycles. The summed E-state index contributed by atoms with van der Waals surface area (Å²) in [6.45, 7) is -0.148. The number of carbonyl (C=O) groups is 3. The summed E-state index contributed by atoms with van der Waals surface area (Å²) in [6, 6.07) is 22.5. The van der Waals surface area contributed by atoms with Gasteiger partial charge in [-0.3, -0.25) is 4.79 Å². The van der Waals surface area contributed by atoms with Crippen molar-refractivity contribution >= 4 is 23.5 Å². The SMILES string of the molecule is COC(=O)c1ccccc1NC(=O)COC(=O)c1cccc(OCc2ccccc2)c1. The molecule has 0 atom stereocenters. The Bertz CT molecular complexity index is 1060. The summed E-state index contributed by atoms with van der Waals surface area (Å²) in [4.78, 5) is 36.3. The lowest BCUT2D eigenvalue weighted by molar-refractivity contribution is -0.119. The van der Waals surface area contributed by atoms with Gasteiger partial charge in [0.1, 0.15) is 12.4 Å². The summed E-state index contributed by atoms with van der Waals surface area (Å²) in [6.07, 6.45) is 0. The van der Waals surface area contributed by atoms with Crippen LogP contribution >= 0.6 is 0 Å². The van der Waals surface area contributed by atoms with Crippen molar-refractivity contribution < 1.29 is 28.6 Å². The first kappa shape index (κ1) is 21.6. The second-order valence-corrected chi connectivity index (χ2v) is 6.46. The normalized spacial score (nSPS) is 10.1. The Morgan fingerprint density at radius 2 is 1.58 bits per heavy atom. The van der Waals surface area contributed by atoms with E-state index in [1.807, 2.05) is 30.3 Å². The molecule has 31 heavy (non-hydrogen) atoms. The van der Waals surface area contributed by atoms with Crippen LogP contribution in [0.3, 0.4) is 0 Å². The molecule has 7 nitrogen and oxygen atoms in total. The molecule has 0 unspecified atom stereocenters. The summed E-state index contributed by atoms with van der Waals surface area (Å²) in [7, 11) is 1.25. The molecule has 1 amide bonds. The highest BCUT2D eigenvalue weighted by Crippen LogP contribution is 2.17. The third-order valence-corrected chi connectivity index (χ3v) is 4.26.